The monoisotopic (exact) mass is 465 g/mol. The largest absolute Gasteiger partial charge is 0.573 e. The molecule has 0 amide bonds. The van der Waals surface area contributed by atoms with Crippen molar-refractivity contribution in [3.8, 4) is 5.75 Å². The number of alkyl halides is 3. The minimum atomic E-state index is -4.95. The highest BCUT2D eigenvalue weighted by Gasteiger charge is 2.34. The lowest BCUT2D eigenvalue weighted by atomic mass is 9.94. The molecule has 6 nitrogen and oxygen atoms in total. The summed E-state index contributed by atoms with van der Waals surface area (Å²) in [4.78, 5) is 12.9. The molecule has 0 aliphatic heterocycles. The number of halogens is 3. The van der Waals surface area contributed by atoms with Gasteiger partial charge in [0.25, 0.3) is 0 Å². The lowest BCUT2D eigenvalue weighted by Gasteiger charge is -2.14. The Labute approximate surface area is 181 Å². The number of aromatic nitrogens is 1. The molecule has 1 aliphatic carbocycles. The zero-order valence-electron chi connectivity index (χ0n) is 16.8. The first-order valence-electron chi connectivity index (χ1n) is 9.69. The third kappa shape index (κ3) is 4.85. The number of ketones is 1. The molecule has 0 atom stereocenters. The average molecular weight is 465 g/mol. The van der Waals surface area contributed by atoms with Gasteiger partial charge < -0.3 is 9.26 Å². The van der Waals surface area contributed by atoms with Crippen molar-refractivity contribution in [3.63, 3.8) is 0 Å². The van der Waals surface area contributed by atoms with Gasteiger partial charge in [-0.2, -0.15) is 0 Å². The molecule has 1 saturated carbocycles. The summed E-state index contributed by atoms with van der Waals surface area (Å²) in [5, 5.41) is 3.75. The van der Waals surface area contributed by atoms with Gasteiger partial charge in [0.1, 0.15) is 5.75 Å². The molecule has 168 valence electrons. The van der Waals surface area contributed by atoms with Crippen LogP contribution in [0.5, 0.6) is 5.75 Å². The molecule has 2 aromatic carbocycles. The fraction of sp³-hybridized carbons (Fsp3) is 0.273. The Morgan fingerprint density at radius 2 is 1.84 bits per heavy atom. The van der Waals surface area contributed by atoms with Gasteiger partial charge in [-0.05, 0) is 42.5 Å². The second-order valence-corrected chi connectivity index (χ2v) is 9.61. The van der Waals surface area contributed by atoms with Crippen LogP contribution in [-0.4, -0.2) is 32.0 Å². The van der Waals surface area contributed by atoms with E-state index >= 15 is 0 Å². The van der Waals surface area contributed by atoms with Gasteiger partial charge in [-0.3, -0.25) is 4.79 Å². The molecule has 0 unspecified atom stereocenters. The molecular formula is C22H18F3NO5S. The van der Waals surface area contributed by atoms with Gasteiger partial charge in [0.15, 0.2) is 21.4 Å². The van der Waals surface area contributed by atoms with Gasteiger partial charge in [-0.25, -0.2) is 8.42 Å². The number of hydrogen-bond donors (Lipinski definition) is 0. The molecule has 0 radical (unpaired) electrons. The maximum Gasteiger partial charge on any atom is 0.573 e. The fourth-order valence-corrected chi connectivity index (χ4v) is 4.48. The molecular weight excluding hydrogens is 447 g/mol. The Bertz CT molecular complexity index is 1280. The number of carbonyl (C=O) groups is 1. The van der Waals surface area contributed by atoms with E-state index in [0.29, 0.717) is 22.5 Å². The standard InChI is InChI=1S/C22H18F3NO5S/c1-32(28,29)19-11-16(30-22(23,24)25)9-8-15(19)10-14-4-2-3-5-17(14)20(27)18-12-26-31-21(18)13-6-7-13/h2-5,8-9,11-13H,6-7,10H2,1H3. The summed E-state index contributed by atoms with van der Waals surface area (Å²) >= 11 is 0. The van der Waals surface area contributed by atoms with Crippen molar-refractivity contribution >= 4 is 15.6 Å². The van der Waals surface area contributed by atoms with Crippen LogP contribution in [0.15, 0.2) is 58.1 Å². The van der Waals surface area contributed by atoms with Crippen molar-refractivity contribution in [2.24, 2.45) is 0 Å². The SMILES string of the molecule is CS(=O)(=O)c1cc(OC(F)(F)F)ccc1Cc1ccccc1C(=O)c1cnoc1C1CC1. The first-order valence-corrected chi connectivity index (χ1v) is 11.6. The molecule has 3 aromatic rings. The number of ether oxygens (including phenoxy) is 1. The Kier molecular flexibility index (Phi) is 5.58. The summed E-state index contributed by atoms with van der Waals surface area (Å²) in [5.41, 5.74) is 1.47. The number of hydrogen-bond acceptors (Lipinski definition) is 6. The second-order valence-electron chi connectivity index (χ2n) is 7.63. The lowest BCUT2D eigenvalue weighted by Crippen LogP contribution is -2.17. The van der Waals surface area contributed by atoms with E-state index in [9.17, 15) is 26.4 Å². The maximum absolute atomic E-state index is 13.2. The molecule has 1 fully saturated rings. The highest BCUT2D eigenvalue weighted by Crippen LogP contribution is 2.42. The minimum Gasteiger partial charge on any atom is -0.406 e. The second kappa shape index (κ2) is 8.09. The van der Waals surface area contributed by atoms with Gasteiger partial charge >= 0.3 is 6.36 Å². The third-order valence-electron chi connectivity index (χ3n) is 5.11. The van der Waals surface area contributed by atoms with Crippen LogP contribution in [0.2, 0.25) is 0 Å². The highest BCUT2D eigenvalue weighted by atomic mass is 32.2. The van der Waals surface area contributed by atoms with Crippen LogP contribution in [0, 0.1) is 0 Å². The zero-order chi connectivity index (χ0) is 23.1. The van der Waals surface area contributed by atoms with Crippen LogP contribution < -0.4 is 4.74 Å². The average Bonchev–Trinajstić information content (AvgIpc) is 3.43. The van der Waals surface area contributed by atoms with Crippen LogP contribution in [0.3, 0.4) is 0 Å². The fourth-order valence-electron chi connectivity index (χ4n) is 3.53. The number of benzene rings is 2. The van der Waals surface area contributed by atoms with Crippen molar-refractivity contribution in [2.45, 2.75) is 36.4 Å². The normalized spacial score (nSPS) is 14.4. The predicted molar refractivity (Wildman–Crippen MR) is 107 cm³/mol. The third-order valence-corrected chi connectivity index (χ3v) is 6.28. The summed E-state index contributed by atoms with van der Waals surface area (Å²) in [6.07, 6.45) is -0.826. The van der Waals surface area contributed by atoms with Crippen molar-refractivity contribution in [3.05, 3.63) is 76.7 Å². The van der Waals surface area contributed by atoms with Gasteiger partial charge in [-0.15, -0.1) is 13.2 Å². The summed E-state index contributed by atoms with van der Waals surface area (Å²) < 4.78 is 71.3. The van der Waals surface area contributed by atoms with Crippen LogP contribution in [0.4, 0.5) is 13.2 Å². The van der Waals surface area contributed by atoms with Gasteiger partial charge in [0.2, 0.25) is 0 Å². The highest BCUT2D eigenvalue weighted by molar-refractivity contribution is 7.90. The van der Waals surface area contributed by atoms with E-state index in [2.05, 4.69) is 9.89 Å². The molecule has 10 heteroatoms. The van der Waals surface area contributed by atoms with Gasteiger partial charge in [-0.1, -0.05) is 35.5 Å². The molecule has 0 bridgehead atoms. The van der Waals surface area contributed by atoms with Gasteiger partial charge in [0.05, 0.1) is 16.7 Å². The summed E-state index contributed by atoms with van der Waals surface area (Å²) in [6.45, 7) is 0. The Morgan fingerprint density at radius 3 is 2.50 bits per heavy atom. The number of rotatable bonds is 7. The topological polar surface area (TPSA) is 86.5 Å². The lowest BCUT2D eigenvalue weighted by molar-refractivity contribution is -0.274. The van der Waals surface area contributed by atoms with E-state index in [-0.39, 0.29) is 28.6 Å². The van der Waals surface area contributed by atoms with Crippen molar-refractivity contribution in [2.75, 3.05) is 6.26 Å². The van der Waals surface area contributed by atoms with Crippen LogP contribution in [0.25, 0.3) is 0 Å². The smallest absolute Gasteiger partial charge is 0.406 e. The maximum atomic E-state index is 13.2. The number of nitrogens with zero attached hydrogens (tertiary/aromatic N) is 1. The zero-order valence-corrected chi connectivity index (χ0v) is 17.7. The summed E-state index contributed by atoms with van der Waals surface area (Å²) in [6, 6.07) is 9.81. The van der Waals surface area contributed by atoms with Gasteiger partial charge in [0, 0.05) is 17.7 Å². The van der Waals surface area contributed by atoms with Crippen LogP contribution in [0.1, 0.15) is 51.6 Å². The van der Waals surface area contributed by atoms with Crippen molar-refractivity contribution in [1.29, 1.82) is 0 Å². The Hall–Kier alpha value is -3.14. The molecule has 0 spiro atoms. The molecule has 1 aliphatic rings. The summed E-state index contributed by atoms with van der Waals surface area (Å²) in [7, 11) is -3.87. The minimum absolute atomic E-state index is 0.0145. The van der Waals surface area contributed by atoms with E-state index in [0.717, 1.165) is 31.2 Å². The van der Waals surface area contributed by atoms with E-state index in [1.54, 1.807) is 24.3 Å². The molecule has 1 heterocycles. The summed E-state index contributed by atoms with van der Waals surface area (Å²) in [5.74, 6) is -0.233. The first-order chi connectivity index (χ1) is 15.0. The first kappa shape index (κ1) is 22.1. The van der Waals surface area contributed by atoms with E-state index in [1.807, 2.05) is 0 Å². The van der Waals surface area contributed by atoms with E-state index in [1.165, 1.54) is 12.3 Å². The Balaban J connectivity index is 1.71. The van der Waals surface area contributed by atoms with E-state index in [4.69, 9.17) is 4.52 Å². The van der Waals surface area contributed by atoms with Crippen molar-refractivity contribution < 1.29 is 35.6 Å². The number of carbonyl (C=O) groups excluding carboxylic acids is 1. The molecule has 4 rings (SSSR count). The molecule has 1 aromatic heterocycles. The number of sulfone groups is 1. The predicted octanol–water partition coefficient (Wildman–Crippen LogP) is 4.68. The van der Waals surface area contributed by atoms with Crippen LogP contribution >= 0.6 is 0 Å². The Morgan fingerprint density at radius 1 is 1.12 bits per heavy atom. The van der Waals surface area contributed by atoms with Crippen molar-refractivity contribution in [1.82, 2.24) is 5.16 Å². The van der Waals surface area contributed by atoms with E-state index < -0.39 is 21.9 Å². The molecule has 0 saturated heterocycles. The quantitative estimate of drug-likeness (QED) is 0.471. The molecule has 0 N–H and O–H groups in total. The van der Waals surface area contributed by atoms with Crippen LogP contribution in [-0.2, 0) is 16.3 Å². The molecule has 32 heavy (non-hydrogen) atoms.